The van der Waals surface area contributed by atoms with Crippen LogP contribution in [0, 0.1) is 6.92 Å². The van der Waals surface area contributed by atoms with Crippen LogP contribution >= 0.6 is 0 Å². The Morgan fingerprint density at radius 2 is 2.06 bits per heavy atom. The first kappa shape index (κ1) is 12.4. The number of benzene rings is 1. The molecule has 0 saturated heterocycles. The van der Waals surface area contributed by atoms with Gasteiger partial charge in [0.2, 0.25) is 0 Å². The van der Waals surface area contributed by atoms with Gasteiger partial charge in [-0.2, -0.15) is 5.10 Å². The molecule has 2 rings (SSSR count). The molecule has 0 aliphatic carbocycles. The minimum Gasteiger partial charge on any atom is -0.479 e. The van der Waals surface area contributed by atoms with Gasteiger partial charge in [-0.15, -0.1) is 0 Å². The standard InChI is InChI=1S/C14H16N2O2/c1-3-14(13(17)18,12-7-5-4-6-8-12)16-10-11(2)9-15-16/h4-10H,3H2,1-2H3,(H,17,18). The molecule has 0 amide bonds. The predicted molar refractivity (Wildman–Crippen MR) is 68.4 cm³/mol. The zero-order valence-electron chi connectivity index (χ0n) is 10.5. The molecule has 0 spiro atoms. The van der Waals surface area contributed by atoms with E-state index in [1.54, 1.807) is 17.1 Å². The summed E-state index contributed by atoms with van der Waals surface area (Å²) < 4.78 is 1.54. The van der Waals surface area contributed by atoms with Crippen molar-refractivity contribution in [1.82, 2.24) is 9.78 Å². The second-order valence-corrected chi connectivity index (χ2v) is 4.35. The van der Waals surface area contributed by atoms with Gasteiger partial charge in [-0.05, 0) is 24.5 Å². The Bertz CT molecular complexity index is 548. The lowest BCUT2D eigenvalue weighted by molar-refractivity contribution is -0.146. The predicted octanol–water partition coefficient (Wildman–Crippen LogP) is 2.43. The van der Waals surface area contributed by atoms with Crippen molar-refractivity contribution in [2.75, 3.05) is 0 Å². The molecule has 1 aromatic carbocycles. The number of carboxylic acids is 1. The number of nitrogens with zero attached hydrogens (tertiary/aromatic N) is 2. The van der Waals surface area contributed by atoms with E-state index in [-0.39, 0.29) is 0 Å². The number of carboxylic acid groups (broad SMARTS) is 1. The van der Waals surface area contributed by atoms with E-state index < -0.39 is 11.5 Å². The van der Waals surface area contributed by atoms with E-state index in [4.69, 9.17) is 0 Å². The van der Waals surface area contributed by atoms with Crippen LogP contribution in [0.1, 0.15) is 24.5 Å². The van der Waals surface area contributed by atoms with E-state index in [1.807, 2.05) is 44.2 Å². The molecule has 1 heterocycles. The van der Waals surface area contributed by atoms with E-state index >= 15 is 0 Å². The van der Waals surface area contributed by atoms with Crippen molar-refractivity contribution in [2.45, 2.75) is 25.8 Å². The molecule has 0 saturated carbocycles. The van der Waals surface area contributed by atoms with Crippen molar-refractivity contribution in [3.63, 3.8) is 0 Å². The minimum absolute atomic E-state index is 0.438. The minimum atomic E-state index is -1.13. The number of rotatable bonds is 4. The van der Waals surface area contributed by atoms with Crippen molar-refractivity contribution in [1.29, 1.82) is 0 Å². The lowest BCUT2D eigenvalue weighted by Crippen LogP contribution is -2.43. The molecular formula is C14H16N2O2. The van der Waals surface area contributed by atoms with Gasteiger partial charge in [0.15, 0.2) is 5.54 Å². The maximum atomic E-state index is 11.8. The van der Waals surface area contributed by atoms with Crippen molar-refractivity contribution in [3.8, 4) is 0 Å². The van der Waals surface area contributed by atoms with Gasteiger partial charge in [-0.25, -0.2) is 4.79 Å². The first-order valence-electron chi connectivity index (χ1n) is 5.92. The molecule has 18 heavy (non-hydrogen) atoms. The Labute approximate surface area is 106 Å². The van der Waals surface area contributed by atoms with E-state index in [9.17, 15) is 9.90 Å². The fourth-order valence-corrected chi connectivity index (χ4v) is 2.21. The van der Waals surface area contributed by atoms with Gasteiger partial charge < -0.3 is 5.11 Å². The number of aliphatic carboxylic acids is 1. The van der Waals surface area contributed by atoms with Gasteiger partial charge >= 0.3 is 5.97 Å². The van der Waals surface area contributed by atoms with E-state index in [1.165, 1.54) is 0 Å². The molecule has 4 heteroatoms. The third kappa shape index (κ3) is 1.79. The summed E-state index contributed by atoms with van der Waals surface area (Å²) in [7, 11) is 0. The fraction of sp³-hybridized carbons (Fsp3) is 0.286. The molecule has 94 valence electrons. The molecule has 0 fully saturated rings. The highest BCUT2D eigenvalue weighted by Crippen LogP contribution is 2.30. The molecule has 1 N–H and O–H groups in total. The van der Waals surface area contributed by atoms with Crippen LogP contribution in [-0.2, 0) is 10.3 Å². The highest BCUT2D eigenvalue weighted by Gasteiger charge is 2.41. The molecule has 1 unspecified atom stereocenters. The third-order valence-corrected chi connectivity index (χ3v) is 3.22. The maximum absolute atomic E-state index is 11.8. The summed E-state index contributed by atoms with van der Waals surface area (Å²) in [6.45, 7) is 3.76. The molecule has 0 bridgehead atoms. The Morgan fingerprint density at radius 1 is 1.39 bits per heavy atom. The van der Waals surface area contributed by atoms with Gasteiger partial charge in [0.1, 0.15) is 0 Å². The Hall–Kier alpha value is -2.10. The van der Waals surface area contributed by atoms with Crippen LogP contribution in [0.5, 0.6) is 0 Å². The summed E-state index contributed by atoms with van der Waals surface area (Å²) in [5, 5.41) is 13.9. The van der Waals surface area contributed by atoms with Crippen molar-refractivity contribution >= 4 is 5.97 Å². The summed E-state index contributed by atoms with van der Waals surface area (Å²) in [6.07, 6.45) is 3.88. The molecule has 0 aliphatic heterocycles. The molecular weight excluding hydrogens is 228 g/mol. The number of hydrogen-bond acceptors (Lipinski definition) is 2. The third-order valence-electron chi connectivity index (χ3n) is 3.22. The Morgan fingerprint density at radius 3 is 2.50 bits per heavy atom. The molecule has 1 atom stereocenters. The van der Waals surface area contributed by atoms with E-state index in [2.05, 4.69) is 5.10 Å². The van der Waals surface area contributed by atoms with Crippen LogP contribution in [0.4, 0.5) is 0 Å². The quantitative estimate of drug-likeness (QED) is 0.898. The monoisotopic (exact) mass is 244 g/mol. The normalized spacial score (nSPS) is 14.1. The van der Waals surface area contributed by atoms with Crippen LogP contribution in [0.25, 0.3) is 0 Å². The van der Waals surface area contributed by atoms with Crippen molar-refractivity contribution < 1.29 is 9.90 Å². The summed E-state index contributed by atoms with van der Waals surface area (Å²) in [5.74, 6) is -0.890. The van der Waals surface area contributed by atoms with Gasteiger partial charge in [0.05, 0.1) is 6.20 Å². The van der Waals surface area contributed by atoms with Crippen LogP contribution in [0.15, 0.2) is 42.7 Å². The summed E-state index contributed by atoms with van der Waals surface area (Å²) in [6, 6.07) is 9.22. The van der Waals surface area contributed by atoms with Crippen LogP contribution in [0.3, 0.4) is 0 Å². The van der Waals surface area contributed by atoms with Crippen molar-refractivity contribution in [2.24, 2.45) is 0 Å². The van der Waals surface area contributed by atoms with Crippen LogP contribution in [0.2, 0.25) is 0 Å². The molecule has 2 aromatic rings. The topological polar surface area (TPSA) is 55.1 Å². The highest BCUT2D eigenvalue weighted by molar-refractivity contribution is 5.81. The Balaban J connectivity index is 2.64. The number of hydrogen-bond donors (Lipinski definition) is 1. The summed E-state index contributed by atoms with van der Waals surface area (Å²) >= 11 is 0. The zero-order chi connectivity index (χ0) is 13.2. The molecule has 0 radical (unpaired) electrons. The zero-order valence-corrected chi connectivity index (χ0v) is 10.5. The largest absolute Gasteiger partial charge is 0.479 e. The van der Waals surface area contributed by atoms with Gasteiger partial charge in [0.25, 0.3) is 0 Å². The average Bonchev–Trinajstić information content (AvgIpc) is 2.79. The molecule has 4 nitrogen and oxygen atoms in total. The lowest BCUT2D eigenvalue weighted by atomic mass is 9.87. The maximum Gasteiger partial charge on any atom is 0.336 e. The summed E-state index contributed by atoms with van der Waals surface area (Å²) in [5.41, 5.74) is 0.559. The van der Waals surface area contributed by atoms with Crippen molar-refractivity contribution in [3.05, 3.63) is 53.9 Å². The fourth-order valence-electron chi connectivity index (χ4n) is 2.21. The summed E-state index contributed by atoms with van der Waals surface area (Å²) in [4.78, 5) is 11.8. The molecule has 1 aromatic heterocycles. The Kier molecular flexibility index (Phi) is 3.19. The number of carbonyl (C=O) groups is 1. The molecule has 0 aliphatic rings. The van der Waals surface area contributed by atoms with Crippen LogP contribution < -0.4 is 0 Å². The second kappa shape index (κ2) is 4.64. The second-order valence-electron chi connectivity index (χ2n) is 4.35. The highest BCUT2D eigenvalue weighted by atomic mass is 16.4. The average molecular weight is 244 g/mol. The van der Waals surface area contributed by atoms with Gasteiger partial charge in [-0.1, -0.05) is 37.3 Å². The van der Waals surface area contributed by atoms with E-state index in [0.29, 0.717) is 6.42 Å². The number of aromatic nitrogens is 2. The van der Waals surface area contributed by atoms with Crippen LogP contribution in [-0.4, -0.2) is 20.9 Å². The number of aryl methyl sites for hydroxylation is 1. The first-order chi connectivity index (χ1) is 8.61. The van der Waals surface area contributed by atoms with E-state index in [0.717, 1.165) is 11.1 Å². The van der Waals surface area contributed by atoms with Gasteiger partial charge in [-0.3, -0.25) is 4.68 Å². The smallest absolute Gasteiger partial charge is 0.336 e. The lowest BCUT2D eigenvalue weighted by Gasteiger charge is -2.29. The SMILES string of the molecule is CCC(C(=O)O)(c1ccccc1)n1cc(C)cn1. The van der Waals surface area contributed by atoms with Gasteiger partial charge in [0, 0.05) is 6.20 Å². The first-order valence-corrected chi connectivity index (χ1v) is 5.92.